The summed E-state index contributed by atoms with van der Waals surface area (Å²) in [5.41, 5.74) is 1.99. The van der Waals surface area contributed by atoms with Crippen LogP contribution in [-0.2, 0) is 20.2 Å². The van der Waals surface area contributed by atoms with E-state index < -0.39 is 15.4 Å². The maximum Gasteiger partial charge on any atom is 0.261 e. The second-order valence-corrected chi connectivity index (χ2v) is 8.87. The minimum atomic E-state index is -3.62. The van der Waals surface area contributed by atoms with Crippen molar-refractivity contribution in [3.8, 4) is 0 Å². The number of nitrogens with one attached hydrogen (secondary N) is 2. The molecule has 5 nitrogen and oxygen atoms in total. The van der Waals surface area contributed by atoms with Gasteiger partial charge in [0.2, 0.25) is 5.91 Å². The predicted octanol–water partition coefficient (Wildman–Crippen LogP) is 3.74. The van der Waals surface area contributed by atoms with Gasteiger partial charge in [0.15, 0.2) is 0 Å². The van der Waals surface area contributed by atoms with Crippen molar-refractivity contribution < 1.29 is 13.2 Å². The Morgan fingerprint density at radius 1 is 1.04 bits per heavy atom. The summed E-state index contributed by atoms with van der Waals surface area (Å²) in [5.74, 6) is 0.0731. The smallest absolute Gasteiger partial charge is 0.261 e. The largest absolute Gasteiger partial charge is 0.355 e. The highest BCUT2D eigenvalue weighted by molar-refractivity contribution is 7.92. The lowest BCUT2D eigenvalue weighted by atomic mass is 9.94. The van der Waals surface area contributed by atoms with Crippen LogP contribution in [0.15, 0.2) is 53.4 Å². The number of unbranched alkanes of at least 4 members (excludes halogenated alkanes) is 1. The third-order valence-electron chi connectivity index (χ3n) is 5.02. The van der Waals surface area contributed by atoms with Crippen molar-refractivity contribution in [3.05, 3.63) is 59.7 Å². The van der Waals surface area contributed by atoms with E-state index >= 15 is 0 Å². The third kappa shape index (κ3) is 4.33. The van der Waals surface area contributed by atoms with E-state index in [-0.39, 0.29) is 10.8 Å². The average molecular weight is 387 g/mol. The lowest BCUT2D eigenvalue weighted by Crippen LogP contribution is -2.35. The number of anilines is 1. The number of sulfonamides is 1. The summed E-state index contributed by atoms with van der Waals surface area (Å²) < 4.78 is 27.6. The zero-order valence-corrected chi connectivity index (χ0v) is 16.6. The van der Waals surface area contributed by atoms with Crippen LogP contribution in [0, 0.1) is 6.92 Å². The molecule has 1 fully saturated rings. The molecular weight excluding hydrogens is 360 g/mol. The van der Waals surface area contributed by atoms with Crippen molar-refractivity contribution in [3.63, 3.8) is 0 Å². The van der Waals surface area contributed by atoms with Gasteiger partial charge in [-0.15, -0.1) is 0 Å². The maximum atomic E-state index is 12.5. The standard InChI is InChI=1S/C21H26N2O3S/c1-3-4-15-22-20(24)21(13-14-21)17-7-9-18(10-8-17)23-27(25,26)19-11-5-16(2)6-12-19/h5-12,23H,3-4,13-15H2,1-2H3,(H,22,24). The normalized spacial score (nSPS) is 15.2. The quantitative estimate of drug-likeness (QED) is 0.679. The van der Waals surface area contributed by atoms with Gasteiger partial charge >= 0.3 is 0 Å². The Hall–Kier alpha value is -2.34. The van der Waals surface area contributed by atoms with Gasteiger partial charge in [-0.2, -0.15) is 0 Å². The lowest BCUT2D eigenvalue weighted by Gasteiger charge is -2.16. The number of hydrogen-bond donors (Lipinski definition) is 2. The molecule has 0 aromatic heterocycles. The van der Waals surface area contributed by atoms with Gasteiger partial charge < -0.3 is 5.32 Å². The molecule has 0 aliphatic heterocycles. The molecule has 27 heavy (non-hydrogen) atoms. The summed E-state index contributed by atoms with van der Waals surface area (Å²) in [6, 6.07) is 13.9. The molecule has 1 aliphatic rings. The van der Waals surface area contributed by atoms with Crippen LogP contribution in [-0.4, -0.2) is 20.9 Å². The van der Waals surface area contributed by atoms with Gasteiger partial charge in [-0.3, -0.25) is 9.52 Å². The summed E-state index contributed by atoms with van der Waals surface area (Å²) >= 11 is 0. The molecule has 0 atom stereocenters. The number of rotatable bonds is 8. The molecule has 0 radical (unpaired) electrons. The topological polar surface area (TPSA) is 75.3 Å². The first-order valence-electron chi connectivity index (χ1n) is 9.36. The zero-order chi connectivity index (χ0) is 19.5. The summed E-state index contributed by atoms with van der Waals surface area (Å²) in [6.07, 6.45) is 3.68. The lowest BCUT2D eigenvalue weighted by molar-refractivity contribution is -0.123. The van der Waals surface area contributed by atoms with Gasteiger partial charge in [-0.1, -0.05) is 43.2 Å². The molecule has 0 spiro atoms. The first kappa shape index (κ1) is 19.4. The van der Waals surface area contributed by atoms with Gasteiger partial charge in [0, 0.05) is 12.2 Å². The molecule has 2 aromatic rings. The number of aryl methyl sites for hydroxylation is 1. The van der Waals surface area contributed by atoms with Gasteiger partial charge in [-0.05, 0) is 56.0 Å². The molecule has 2 N–H and O–H groups in total. The van der Waals surface area contributed by atoms with Crippen LogP contribution in [0.3, 0.4) is 0 Å². The minimum absolute atomic E-state index is 0.0731. The number of carbonyl (C=O) groups excluding carboxylic acids is 1. The van der Waals surface area contributed by atoms with Crippen molar-refractivity contribution in [1.29, 1.82) is 0 Å². The van der Waals surface area contributed by atoms with Gasteiger partial charge in [0.25, 0.3) is 10.0 Å². The van der Waals surface area contributed by atoms with Crippen LogP contribution >= 0.6 is 0 Å². The van der Waals surface area contributed by atoms with E-state index in [1.807, 2.05) is 19.1 Å². The van der Waals surface area contributed by atoms with Gasteiger partial charge in [0.1, 0.15) is 0 Å². The van der Waals surface area contributed by atoms with E-state index in [1.54, 1.807) is 36.4 Å². The fourth-order valence-electron chi connectivity index (χ4n) is 3.11. The molecule has 1 amide bonds. The van der Waals surface area contributed by atoms with Crippen molar-refractivity contribution >= 4 is 21.6 Å². The number of amides is 1. The molecule has 6 heteroatoms. The molecule has 1 aliphatic carbocycles. The second kappa shape index (κ2) is 7.72. The van der Waals surface area contributed by atoms with E-state index in [0.29, 0.717) is 12.2 Å². The first-order chi connectivity index (χ1) is 12.9. The fourth-order valence-corrected chi connectivity index (χ4v) is 4.17. The Kier molecular flexibility index (Phi) is 5.56. The van der Waals surface area contributed by atoms with E-state index in [4.69, 9.17) is 0 Å². The van der Waals surface area contributed by atoms with Crippen LogP contribution in [0.1, 0.15) is 43.7 Å². The maximum absolute atomic E-state index is 12.5. The molecule has 0 heterocycles. The number of benzene rings is 2. The van der Waals surface area contributed by atoms with Crippen molar-refractivity contribution in [2.45, 2.75) is 49.8 Å². The average Bonchev–Trinajstić information content (AvgIpc) is 3.44. The third-order valence-corrected chi connectivity index (χ3v) is 6.42. The van der Waals surface area contributed by atoms with Crippen molar-refractivity contribution in [2.75, 3.05) is 11.3 Å². The van der Waals surface area contributed by atoms with E-state index in [0.717, 1.165) is 36.8 Å². The van der Waals surface area contributed by atoms with Crippen LogP contribution < -0.4 is 10.0 Å². The Labute approximate surface area is 161 Å². The molecule has 144 valence electrons. The van der Waals surface area contributed by atoms with Crippen molar-refractivity contribution in [2.24, 2.45) is 0 Å². The summed E-state index contributed by atoms with van der Waals surface area (Å²) in [4.78, 5) is 12.7. The Morgan fingerprint density at radius 2 is 1.67 bits per heavy atom. The monoisotopic (exact) mass is 386 g/mol. The second-order valence-electron chi connectivity index (χ2n) is 7.19. The van der Waals surface area contributed by atoms with Gasteiger partial charge in [0.05, 0.1) is 10.3 Å². The molecular formula is C21H26N2O3S. The van der Waals surface area contributed by atoms with Crippen molar-refractivity contribution in [1.82, 2.24) is 5.32 Å². The highest BCUT2D eigenvalue weighted by atomic mass is 32.2. The predicted molar refractivity (Wildman–Crippen MR) is 107 cm³/mol. The van der Waals surface area contributed by atoms with E-state index in [1.165, 1.54) is 0 Å². The molecule has 1 saturated carbocycles. The zero-order valence-electron chi connectivity index (χ0n) is 15.8. The van der Waals surface area contributed by atoms with E-state index in [2.05, 4.69) is 17.0 Å². The fraction of sp³-hybridized carbons (Fsp3) is 0.381. The number of carbonyl (C=O) groups is 1. The molecule has 3 rings (SSSR count). The SMILES string of the molecule is CCCCNC(=O)C1(c2ccc(NS(=O)(=O)c3ccc(C)cc3)cc2)CC1. The molecule has 2 aromatic carbocycles. The van der Waals surface area contributed by atoms with Crippen LogP contribution in [0.5, 0.6) is 0 Å². The minimum Gasteiger partial charge on any atom is -0.355 e. The molecule has 0 bridgehead atoms. The van der Waals surface area contributed by atoms with Crippen LogP contribution in [0.2, 0.25) is 0 Å². The van der Waals surface area contributed by atoms with E-state index in [9.17, 15) is 13.2 Å². The first-order valence-corrected chi connectivity index (χ1v) is 10.8. The summed E-state index contributed by atoms with van der Waals surface area (Å²) in [7, 11) is -3.62. The summed E-state index contributed by atoms with van der Waals surface area (Å²) in [6.45, 7) is 4.70. The van der Waals surface area contributed by atoms with Gasteiger partial charge in [-0.25, -0.2) is 8.42 Å². The Balaban J connectivity index is 1.70. The Morgan fingerprint density at radius 3 is 2.22 bits per heavy atom. The molecule has 0 saturated heterocycles. The highest BCUT2D eigenvalue weighted by Gasteiger charge is 2.50. The highest BCUT2D eigenvalue weighted by Crippen LogP contribution is 2.48. The summed E-state index contributed by atoms with van der Waals surface area (Å²) in [5, 5.41) is 3.01. The number of hydrogen-bond acceptors (Lipinski definition) is 3. The van der Waals surface area contributed by atoms with Crippen LogP contribution in [0.25, 0.3) is 0 Å². The van der Waals surface area contributed by atoms with Crippen LogP contribution in [0.4, 0.5) is 5.69 Å². The molecule has 0 unspecified atom stereocenters. The Bertz CT molecular complexity index is 899.